The minimum Gasteiger partial charge on any atom is -0.481 e. The molecule has 2 aliphatic heterocycles. The minimum absolute atomic E-state index is 0.367. The number of piperidine rings is 1. The maximum absolute atomic E-state index is 10.9. The number of hydrogen-bond donors (Lipinski definition) is 1. The van der Waals surface area contributed by atoms with Crippen molar-refractivity contribution in [3.63, 3.8) is 0 Å². The molecule has 2 bridgehead atoms. The summed E-state index contributed by atoms with van der Waals surface area (Å²) in [6.45, 7) is 0. The van der Waals surface area contributed by atoms with E-state index in [1.165, 1.54) is 38.5 Å². The van der Waals surface area contributed by atoms with E-state index < -0.39 is 5.97 Å². The Labute approximate surface area is 121 Å². The minimum atomic E-state index is -0.625. The van der Waals surface area contributed by atoms with Crippen molar-refractivity contribution in [1.29, 1.82) is 0 Å². The number of fused-ring (bicyclic) bond motifs is 2. The zero-order chi connectivity index (χ0) is 14.1. The predicted octanol–water partition coefficient (Wildman–Crippen LogP) is 2.66. The first kappa shape index (κ1) is 14.3. The smallest absolute Gasteiger partial charge is 0.303 e. The van der Waals surface area contributed by atoms with Crippen LogP contribution in [0.5, 0.6) is 0 Å². The van der Waals surface area contributed by atoms with Gasteiger partial charge in [0, 0.05) is 31.7 Å². The summed E-state index contributed by atoms with van der Waals surface area (Å²) in [4.78, 5) is 13.7. The number of methoxy groups -OCH3 is 1. The fourth-order valence-electron chi connectivity index (χ4n) is 4.94. The van der Waals surface area contributed by atoms with Crippen LogP contribution >= 0.6 is 0 Å². The molecule has 1 N–H and O–H groups in total. The van der Waals surface area contributed by atoms with Gasteiger partial charge in [-0.2, -0.15) is 0 Å². The van der Waals surface area contributed by atoms with E-state index in [0.29, 0.717) is 36.6 Å². The Kier molecular flexibility index (Phi) is 4.32. The highest BCUT2D eigenvalue weighted by Gasteiger charge is 2.44. The molecule has 2 saturated heterocycles. The number of ether oxygens (including phenoxy) is 1. The molecule has 0 spiro atoms. The van der Waals surface area contributed by atoms with E-state index in [2.05, 4.69) is 4.90 Å². The normalized spacial score (nSPS) is 41.8. The quantitative estimate of drug-likeness (QED) is 0.860. The van der Waals surface area contributed by atoms with Crippen LogP contribution in [0.1, 0.15) is 57.8 Å². The summed E-state index contributed by atoms with van der Waals surface area (Å²) in [5, 5.41) is 9.01. The van der Waals surface area contributed by atoms with Crippen molar-refractivity contribution in [2.75, 3.05) is 7.11 Å². The maximum Gasteiger partial charge on any atom is 0.303 e. The molecule has 1 aliphatic carbocycles. The molecule has 4 heteroatoms. The second-order valence-corrected chi connectivity index (χ2v) is 6.95. The summed E-state index contributed by atoms with van der Waals surface area (Å²) in [6.07, 6.45) is 10.5. The standard InChI is InChI=1S/C16H27NO3/c1-20-15-4-2-3-12(10-15)17-13-5-6-14(17)8-11(7-13)9-16(18)19/h11-15H,2-10H2,1H3,(H,18,19). The molecular formula is C16H27NO3. The van der Waals surface area contributed by atoms with Crippen LogP contribution in [0.15, 0.2) is 0 Å². The summed E-state index contributed by atoms with van der Waals surface area (Å²) in [5.74, 6) is -0.219. The zero-order valence-electron chi connectivity index (χ0n) is 12.5. The highest BCUT2D eigenvalue weighted by atomic mass is 16.5. The molecule has 0 aromatic heterocycles. The van der Waals surface area contributed by atoms with Gasteiger partial charge in [-0.05, 0) is 57.3 Å². The van der Waals surface area contributed by atoms with Crippen molar-refractivity contribution in [2.24, 2.45) is 5.92 Å². The van der Waals surface area contributed by atoms with Gasteiger partial charge >= 0.3 is 5.97 Å². The molecule has 0 aromatic rings. The summed E-state index contributed by atoms with van der Waals surface area (Å²) in [7, 11) is 1.83. The third-order valence-electron chi connectivity index (χ3n) is 5.70. The maximum atomic E-state index is 10.9. The number of hydrogen-bond acceptors (Lipinski definition) is 3. The molecule has 3 aliphatic rings. The third-order valence-corrected chi connectivity index (χ3v) is 5.70. The highest BCUT2D eigenvalue weighted by Crippen LogP contribution is 2.43. The molecule has 114 valence electrons. The van der Waals surface area contributed by atoms with Gasteiger partial charge in [-0.15, -0.1) is 0 Å². The zero-order valence-corrected chi connectivity index (χ0v) is 12.5. The van der Waals surface area contributed by atoms with Gasteiger partial charge in [-0.3, -0.25) is 9.69 Å². The van der Waals surface area contributed by atoms with Crippen molar-refractivity contribution in [3.8, 4) is 0 Å². The van der Waals surface area contributed by atoms with Gasteiger partial charge in [0.15, 0.2) is 0 Å². The number of nitrogens with zero attached hydrogens (tertiary/aromatic N) is 1. The Hall–Kier alpha value is -0.610. The van der Waals surface area contributed by atoms with Gasteiger partial charge in [0.1, 0.15) is 0 Å². The molecule has 20 heavy (non-hydrogen) atoms. The van der Waals surface area contributed by atoms with Crippen LogP contribution in [0, 0.1) is 5.92 Å². The lowest BCUT2D eigenvalue weighted by Gasteiger charge is -2.46. The molecule has 3 rings (SSSR count). The molecule has 4 atom stereocenters. The fourth-order valence-corrected chi connectivity index (χ4v) is 4.94. The Morgan fingerprint density at radius 1 is 1.10 bits per heavy atom. The van der Waals surface area contributed by atoms with Crippen LogP contribution in [0.2, 0.25) is 0 Å². The van der Waals surface area contributed by atoms with E-state index in [4.69, 9.17) is 9.84 Å². The number of carboxylic acid groups (broad SMARTS) is 1. The number of aliphatic carboxylic acids is 1. The van der Waals surface area contributed by atoms with Gasteiger partial charge in [0.25, 0.3) is 0 Å². The third kappa shape index (κ3) is 2.86. The molecule has 2 heterocycles. The molecular weight excluding hydrogens is 254 g/mol. The first-order valence-corrected chi connectivity index (χ1v) is 8.19. The van der Waals surface area contributed by atoms with Crippen LogP contribution < -0.4 is 0 Å². The largest absolute Gasteiger partial charge is 0.481 e. The Bertz CT molecular complexity index is 346. The van der Waals surface area contributed by atoms with E-state index in [9.17, 15) is 4.79 Å². The van der Waals surface area contributed by atoms with Crippen LogP contribution in [-0.2, 0) is 9.53 Å². The molecule has 0 aromatic carbocycles. The van der Waals surface area contributed by atoms with Crippen LogP contribution in [0.3, 0.4) is 0 Å². The van der Waals surface area contributed by atoms with Gasteiger partial charge < -0.3 is 9.84 Å². The average molecular weight is 281 g/mol. The van der Waals surface area contributed by atoms with Crippen LogP contribution in [0.25, 0.3) is 0 Å². The Balaban J connectivity index is 1.63. The van der Waals surface area contributed by atoms with Crippen LogP contribution in [0.4, 0.5) is 0 Å². The summed E-state index contributed by atoms with van der Waals surface area (Å²) in [6, 6.07) is 1.95. The van der Waals surface area contributed by atoms with E-state index in [1.807, 2.05) is 7.11 Å². The topological polar surface area (TPSA) is 49.8 Å². The van der Waals surface area contributed by atoms with Gasteiger partial charge in [0.2, 0.25) is 0 Å². The monoisotopic (exact) mass is 281 g/mol. The SMILES string of the molecule is COC1CCCC(N2C3CCC2CC(CC(=O)O)C3)C1. The first-order chi connectivity index (χ1) is 9.67. The van der Waals surface area contributed by atoms with E-state index in [0.717, 1.165) is 12.8 Å². The van der Waals surface area contributed by atoms with Gasteiger partial charge in [-0.25, -0.2) is 0 Å². The van der Waals surface area contributed by atoms with E-state index in [1.54, 1.807) is 0 Å². The predicted molar refractivity (Wildman–Crippen MR) is 76.7 cm³/mol. The van der Waals surface area contributed by atoms with Gasteiger partial charge in [-0.1, -0.05) is 0 Å². The van der Waals surface area contributed by atoms with Crippen molar-refractivity contribution in [3.05, 3.63) is 0 Å². The summed E-state index contributed by atoms with van der Waals surface area (Å²) in [5.41, 5.74) is 0. The highest BCUT2D eigenvalue weighted by molar-refractivity contribution is 5.67. The fraction of sp³-hybridized carbons (Fsp3) is 0.938. The average Bonchev–Trinajstić information content (AvgIpc) is 2.70. The number of rotatable bonds is 4. The molecule has 1 saturated carbocycles. The van der Waals surface area contributed by atoms with E-state index in [-0.39, 0.29) is 0 Å². The van der Waals surface area contributed by atoms with Crippen molar-refractivity contribution in [2.45, 2.75) is 82.0 Å². The molecule has 4 unspecified atom stereocenters. The Morgan fingerprint density at radius 2 is 1.75 bits per heavy atom. The van der Waals surface area contributed by atoms with E-state index >= 15 is 0 Å². The second-order valence-electron chi connectivity index (χ2n) is 6.95. The first-order valence-electron chi connectivity index (χ1n) is 8.19. The number of carbonyl (C=O) groups is 1. The molecule has 3 fully saturated rings. The van der Waals surface area contributed by atoms with Crippen molar-refractivity contribution in [1.82, 2.24) is 4.90 Å². The summed E-state index contributed by atoms with van der Waals surface area (Å²) < 4.78 is 5.57. The number of carboxylic acids is 1. The lowest BCUT2D eigenvalue weighted by molar-refractivity contribution is -0.138. The van der Waals surface area contributed by atoms with Gasteiger partial charge in [0.05, 0.1) is 6.10 Å². The van der Waals surface area contributed by atoms with Crippen molar-refractivity contribution >= 4 is 5.97 Å². The van der Waals surface area contributed by atoms with Crippen molar-refractivity contribution < 1.29 is 14.6 Å². The second kappa shape index (κ2) is 6.02. The molecule has 4 nitrogen and oxygen atoms in total. The van der Waals surface area contributed by atoms with Crippen LogP contribution in [-0.4, -0.2) is 47.3 Å². The molecule has 0 amide bonds. The lowest BCUT2D eigenvalue weighted by atomic mass is 9.84. The lowest BCUT2D eigenvalue weighted by Crippen LogP contribution is -2.51. The molecule has 0 radical (unpaired) electrons. The summed E-state index contributed by atoms with van der Waals surface area (Å²) >= 11 is 0. The Morgan fingerprint density at radius 3 is 2.35 bits per heavy atom.